The van der Waals surface area contributed by atoms with Gasteiger partial charge in [-0.1, -0.05) is 48.6 Å². The summed E-state index contributed by atoms with van der Waals surface area (Å²) in [5, 5.41) is 0. The van der Waals surface area contributed by atoms with Crippen LogP contribution in [0.25, 0.3) is 5.57 Å². The van der Waals surface area contributed by atoms with E-state index in [2.05, 4.69) is 58.2 Å². The molecule has 0 radical (unpaired) electrons. The normalized spacial score (nSPS) is 9.75. The summed E-state index contributed by atoms with van der Waals surface area (Å²) in [5.41, 5.74) is 7.07. The van der Waals surface area contributed by atoms with Crippen LogP contribution in [0, 0.1) is 6.92 Å². The lowest BCUT2D eigenvalue weighted by Crippen LogP contribution is -1.95. The summed E-state index contributed by atoms with van der Waals surface area (Å²) in [5.74, 6) is 0. The van der Waals surface area contributed by atoms with E-state index in [0.717, 1.165) is 11.1 Å². The van der Waals surface area contributed by atoms with E-state index in [0.29, 0.717) is 0 Å². The van der Waals surface area contributed by atoms with Gasteiger partial charge in [0, 0.05) is 0 Å². The third kappa shape index (κ3) is 2.52. The van der Waals surface area contributed by atoms with Gasteiger partial charge in [0.1, 0.15) is 0 Å². The highest BCUT2D eigenvalue weighted by molar-refractivity contribution is 5.83. The summed E-state index contributed by atoms with van der Waals surface area (Å²) >= 11 is 0. The van der Waals surface area contributed by atoms with Gasteiger partial charge in [0.15, 0.2) is 0 Å². The SMILES string of the molecule is C=C(C)C(C(=C)c1ccccc1C)=C(C)C. The van der Waals surface area contributed by atoms with Crippen molar-refractivity contribution in [1.82, 2.24) is 0 Å². The predicted molar refractivity (Wildman–Crippen MR) is 73.4 cm³/mol. The van der Waals surface area contributed by atoms with Gasteiger partial charge in [-0.2, -0.15) is 0 Å². The molecule has 0 aliphatic carbocycles. The van der Waals surface area contributed by atoms with Gasteiger partial charge in [-0.05, 0) is 50.0 Å². The molecule has 0 spiro atoms. The summed E-state index contributed by atoms with van der Waals surface area (Å²) in [4.78, 5) is 0. The van der Waals surface area contributed by atoms with E-state index < -0.39 is 0 Å². The van der Waals surface area contributed by atoms with Crippen LogP contribution in [0.5, 0.6) is 0 Å². The molecule has 84 valence electrons. The first kappa shape index (κ1) is 12.5. The van der Waals surface area contributed by atoms with E-state index in [4.69, 9.17) is 0 Å². The van der Waals surface area contributed by atoms with Crippen molar-refractivity contribution < 1.29 is 0 Å². The molecule has 0 amide bonds. The number of hydrogen-bond donors (Lipinski definition) is 0. The first-order chi connectivity index (χ1) is 7.45. The monoisotopic (exact) mass is 212 g/mol. The number of aryl methyl sites for hydroxylation is 1. The molecule has 0 saturated heterocycles. The third-order valence-electron chi connectivity index (χ3n) is 2.70. The first-order valence-electron chi connectivity index (χ1n) is 5.53. The molecule has 1 aromatic carbocycles. The lowest BCUT2D eigenvalue weighted by Gasteiger charge is -2.15. The highest BCUT2D eigenvalue weighted by Crippen LogP contribution is 2.30. The number of hydrogen-bond acceptors (Lipinski definition) is 0. The molecular formula is C16H20. The van der Waals surface area contributed by atoms with E-state index >= 15 is 0 Å². The fourth-order valence-corrected chi connectivity index (χ4v) is 2.03. The second kappa shape index (κ2) is 4.98. The molecule has 0 N–H and O–H groups in total. The van der Waals surface area contributed by atoms with E-state index in [1.165, 1.54) is 22.3 Å². The zero-order chi connectivity index (χ0) is 12.3. The van der Waals surface area contributed by atoms with Gasteiger partial charge >= 0.3 is 0 Å². The van der Waals surface area contributed by atoms with Crippen molar-refractivity contribution in [1.29, 1.82) is 0 Å². The van der Waals surface area contributed by atoms with Gasteiger partial charge in [0.2, 0.25) is 0 Å². The predicted octanol–water partition coefficient (Wildman–Crippen LogP) is 4.92. The zero-order valence-electron chi connectivity index (χ0n) is 10.7. The molecule has 0 aliphatic rings. The van der Waals surface area contributed by atoms with Crippen molar-refractivity contribution >= 4 is 5.57 Å². The van der Waals surface area contributed by atoms with Gasteiger partial charge < -0.3 is 0 Å². The van der Waals surface area contributed by atoms with Gasteiger partial charge in [0.25, 0.3) is 0 Å². The molecule has 1 aromatic rings. The van der Waals surface area contributed by atoms with Crippen LogP contribution in [0.2, 0.25) is 0 Å². The second-order valence-corrected chi connectivity index (χ2v) is 4.45. The Kier molecular flexibility index (Phi) is 3.89. The van der Waals surface area contributed by atoms with E-state index in [1.807, 2.05) is 6.92 Å². The van der Waals surface area contributed by atoms with Crippen LogP contribution < -0.4 is 0 Å². The molecule has 0 heteroatoms. The van der Waals surface area contributed by atoms with Crippen molar-refractivity contribution in [2.24, 2.45) is 0 Å². The molecule has 0 saturated carbocycles. The van der Waals surface area contributed by atoms with Gasteiger partial charge in [0.05, 0.1) is 0 Å². The fraction of sp³-hybridized carbons (Fsp3) is 0.250. The van der Waals surface area contributed by atoms with Gasteiger partial charge in [-0.3, -0.25) is 0 Å². The molecule has 0 aliphatic heterocycles. The minimum atomic E-state index is 1.07. The maximum Gasteiger partial charge on any atom is -0.0155 e. The van der Waals surface area contributed by atoms with Crippen LogP contribution in [0.1, 0.15) is 31.9 Å². The highest BCUT2D eigenvalue weighted by atomic mass is 14.1. The standard InChI is InChI=1S/C16H20/c1-11(2)16(12(3)4)14(6)15-10-8-7-9-13(15)5/h7-10H,1,6H2,2-5H3. The Morgan fingerprint density at radius 2 is 1.56 bits per heavy atom. The zero-order valence-corrected chi connectivity index (χ0v) is 10.7. The summed E-state index contributed by atoms with van der Waals surface area (Å²) in [6.45, 7) is 16.6. The Hall–Kier alpha value is -1.56. The Morgan fingerprint density at radius 1 is 1.00 bits per heavy atom. The Labute approximate surface area is 99.0 Å². The lowest BCUT2D eigenvalue weighted by atomic mass is 9.90. The summed E-state index contributed by atoms with van der Waals surface area (Å²) in [6, 6.07) is 8.33. The first-order valence-corrected chi connectivity index (χ1v) is 5.53. The van der Waals surface area contributed by atoms with Crippen molar-refractivity contribution in [2.45, 2.75) is 27.7 Å². The topological polar surface area (TPSA) is 0 Å². The number of benzene rings is 1. The molecule has 0 heterocycles. The van der Waals surface area contributed by atoms with Crippen LogP contribution in [-0.4, -0.2) is 0 Å². The largest absolute Gasteiger partial charge is 0.0955 e. The van der Waals surface area contributed by atoms with Crippen molar-refractivity contribution in [3.8, 4) is 0 Å². The summed E-state index contributed by atoms with van der Waals surface area (Å²) in [6.07, 6.45) is 0. The summed E-state index contributed by atoms with van der Waals surface area (Å²) in [7, 11) is 0. The second-order valence-electron chi connectivity index (χ2n) is 4.45. The molecule has 0 fully saturated rings. The Balaban J connectivity index is 3.27. The van der Waals surface area contributed by atoms with E-state index in [-0.39, 0.29) is 0 Å². The average Bonchev–Trinajstić information content (AvgIpc) is 2.16. The maximum atomic E-state index is 4.21. The van der Waals surface area contributed by atoms with Crippen molar-refractivity contribution in [2.75, 3.05) is 0 Å². The number of allylic oxidation sites excluding steroid dienone is 4. The molecule has 0 aromatic heterocycles. The third-order valence-corrected chi connectivity index (χ3v) is 2.70. The molecule has 0 atom stereocenters. The molecule has 1 rings (SSSR count). The van der Waals surface area contributed by atoms with Crippen LogP contribution in [0.15, 0.2) is 54.1 Å². The van der Waals surface area contributed by atoms with Crippen molar-refractivity contribution in [3.63, 3.8) is 0 Å². The van der Waals surface area contributed by atoms with E-state index in [1.54, 1.807) is 0 Å². The fourth-order valence-electron chi connectivity index (χ4n) is 2.03. The molecule has 0 bridgehead atoms. The van der Waals surface area contributed by atoms with Gasteiger partial charge in [-0.15, -0.1) is 0 Å². The molecule has 0 unspecified atom stereocenters. The average molecular weight is 212 g/mol. The number of rotatable bonds is 3. The van der Waals surface area contributed by atoms with Crippen LogP contribution in [0.3, 0.4) is 0 Å². The van der Waals surface area contributed by atoms with Crippen LogP contribution in [0.4, 0.5) is 0 Å². The Bertz CT molecular complexity index is 455. The quantitative estimate of drug-likeness (QED) is 0.624. The Morgan fingerprint density at radius 3 is 2.00 bits per heavy atom. The minimum Gasteiger partial charge on any atom is -0.0955 e. The van der Waals surface area contributed by atoms with E-state index in [9.17, 15) is 0 Å². The molecular weight excluding hydrogens is 192 g/mol. The lowest BCUT2D eigenvalue weighted by molar-refractivity contribution is 1.29. The van der Waals surface area contributed by atoms with Crippen LogP contribution >= 0.6 is 0 Å². The summed E-state index contributed by atoms with van der Waals surface area (Å²) < 4.78 is 0. The highest BCUT2D eigenvalue weighted by Gasteiger charge is 2.09. The molecule has 16 heavy (non-hydrogen) atoms. The van der Waals surface area contributed by atoms with Crippen LogP contribution in [-0.2, 0) is 0 Å². The smallest absolute Gasteiger partial charge is 0.0155 e. The molecule has 0 nitrogen and oxygen atoms in total. The van der Waals surface area contributed by atoms with Crippen molar-refractivity contribution in [3.05, 3.63) is 65.3 Å². The minimum absolute atomic E-state index is 1.07. The maximum absolute atomic E-state index is 4.21. The van der Waals surface area contributed by atoms with Gasteiger partial charge in [-0.25, -0.2) is 0 Å².